The number of hydrogen-bond acceptors (Lipinski definition) is 8. The number of carbonyl (C=O) groups is 2. The summed E-state index contributed by atoms with van der Waals surface area (Å²) in [4.78, 5) is 44.9. The molecule has 5 rings (SSSR count). The highest BCUT2D eigenvalue weighted by atomic mass is 19.4. The zero-order chi connectivity index (χ0) is 30.6. The second-order valence-electron chi connectivity index (χ2n) is 10.8. The third-order valence-electron chi connectivity index (χ3n) is 7.94. The van der Waals surface area contributed by atoms with Crippen molar-refractivity contribution in [2.24, 2.45) is 10.4 Å². The Hall–Kier alpha value is -4.52. The van der Waals surface area contributed by atoms with E-state index in [1.54, 1.807) is 18.5 Å². The van der Waals surface area contributed by atoms with Crippen LogP contribution in [0.5, 0.6) is 5.75 Å². The van der Waals surface area contributed by atoms with Gasteiger partial charge in [0.1, 0.15) is 5.75 Å². The Morgan fingerprint density at radius 1 is 1.02 bits per heavy atom. The number of aromatic hydroxyl groups is 1. The molecule has 2 N–H and O–H groups in total. The number of anilines is 2. The van der Waals surface area contributed by atoms with Crippen LogP contribution in [0.3, 0.4) is 0 Å². The lowest BCUT2D eigenvalue weighted by atomic mass is 9.86. The van der Waals surface area contributed by atoms with Gasteiger partial charge in [-0.05, 0) is 68.2 Å². The van der Waals surface area contributed by atoms with E-state index in [2.05, 4.69) is 31.9 Å². The summed E-state index contributed by atoms with van der Waals surface area (Å²) in [7, 11) is 0. The van der Waals surface area contributed by atoms with Crippen LogP contribution in [0.4, 0.5) is 24.5 Å². The molecule has 1 aromatic heterocycles. The first-order valence-electron chi connectivity index (χ1n) is 13.8. The summed E-state index contributed by atoms with van der Waals surface area (Å²) in [5, 5.41) is 12.1. The van der Waals surface area contributed by atoms with Crippen LogP contribution in [-0.4, -0.2) is 95.8 Å². The third-order valence-corrected chi connectivity index (χ3v) is 7.94. The van der Waals surface area contributed by atoms with E-state index in [4.69, 9.17) is 0 Å². The molecular weight excluding hydrogens is 563 g/mol. The van der Waals surface area contributed by atoms with Crippen LogP contribution in [-0.2, 0) is 15.8 Å². The largest absolute Gasteiger partial charge is 0.507 e. The van der Waals surface area contributed by atoms with Crippen LogP contribution >= 0.6 is 0 Å². The summed E-state index contributed by atoms with van der Waals surface area (Å²) in [6.45, 7) is 6.81. The Morgan fingerprint density at radius 2 is 1.72 bits per heavy atom. The van der Waals surface area contributed by atoms with Gasteiger partial charge in [-0.1, -0.05) is 0 Å². The molecule has 0 radical (unpaired) electrons. The van der Waals surface area contributed by atoms with Gasteiger partial charge in [-0.15, -0.1) is 0 Å². The maximum absolute atomic E-state index is 13.3. The molecule has 2 saturated heterocycles. The molecule has 3 heterocycles. The van der Waals surface area contributed by atoms with E-state index < -0.39 is 28.8 Å². The fourth-order valence-electron chi connectivity index (χ4n) is 5.57. The Kier molecular flexibility index (Phi) is 8.62. The zero-order valence-corrected chi connectivity index (χ0v) is 23.4. The summed E-state index contributed by atoms with van der Waals surface area (Å²) in [5.74, 6) is -0.817. The number of nitrogens with one attached hydrogen (secondary N) is 1. The smallest absolute Gasteiger partial charge is 0.420 e. The van der Waals surface area contributed by atoms with Crippen molar-refractivity contribution in [3.05, 3.63) is 66.5 Å². The highest BCUT2D eigenvalue weighted by molar-refractivity contribution is 5.96. The summed E-state index contributed by atoms with van der Waals surface area (Å²) in [6.07, 6.45) is -1.00. The molecule has 226 valence electrons. The van der Waals surface area contributed by atoms with Gasteiger partial charge in [0, 0.05) is 62.1 Å². The topological polar surface area (TPSA) is 114 Å². The van der Waals surface area contributed by atoms with Crippen molar-refractivity contribution in [2.45, 2.75) is 12.6 Å². The standard InChI is InChI=1S/C30H32F3N7O3/c1-34-19-29(28(43)37-22-5-8-25(41)24(17-22)30(31,32)33)9-12-38(20-29)18-26(42)40-15-13-39(14-16-40)23-6-3-21(4-7-23)27-35-10-2-11-36-27/h2-8,10-11,17,41H,1,9,12-16,18-20H2,(H,37,43). The number of phenolic OH excluding ortho intramolecular Hbond substituents is 1. The molecule has 0 bridgehead atoms. The highest BCUT2D eigenvalue weighted by Gasteiger charge is 2.45. The van der Waals surface area contributed by atoms with Gasteiger partial charge in [-0.3, -0.25) is 19.5 Å². The number of amides is 2. The van der Waals surface area contributed by atoms with Crippen molar-refractivity contribution in [1.29, 1.82) is 0 Å². The first-order chi connectivity index (χ1) is 20.6. The molecule has 1 atom stereocenters. The first kappa shape index (κ1) is 30.0. The monoisotopic (exact) mass is 595 g/mol. The molecule has 2 aliphatic heterocycles. The van der Waals surface area contributed by atoms with Gasteiger partial charge in [-0.25, -0.2) is 9.97 Å². The van der Waals surface area contributed by atoms with Crippen LogP contribution in [0.2, 0.25) is 0 Å². The second-order valence-corrected chi connectivity index (χ2v) is 10.8. The number of likely N-dealkylation sites (tertiary alicyclic amines) is 1. The fourth-order valence-corrected chi connectivity index (χ4v) is 5.57. The van der Waals surface area contributed by atoms with Gasteiger partial charge >= 0.3 is 6.18 Å². The lowest BCUT2D eigenvalue weighted by molar-refractivity contribution is -0.138. The number of phenols is 1. The van der Waals surface area contributed by atoms with Crippen LogP contribution < -0.4 is 10.2 Å². The number of rotatable bonds is 8. The number of aliphatic imine (C=N–C) groups is 1. The molecule has 3 aromatic rings. The van der Waals surface area contributed by atoms with Crippen LogP contribution in [0.1, 0.15) is 12.0 Å². The highest BCUT2D eigenvalue weighted by Crippen LogP contribution is 2.38. The average Bonchev–Trinajstić information content (AvgIpc) is 3.42. The van der Waals surface area contributed by atoms with Crippen molar-refractivity contribution < 1.29 is 27.9 Å². The van der Waals surface area contributed by atoms with Gasteiger partial charge in [0.15, 0.2) is 5.82 Å². The summed E-state index contributed by atoms with van der Waals surface area (Å²) >= 11 is 0. The molecule has 0 aliphatic carbocycles. The van der Waals surface area contributed by atoms with Crippen molar-refractivity contribution in [1.82, 2.24) is 19.8 Å². The van der Waals surface area contributed by atoms with Crippen molar-refractivity contribution >= 4 is 29.9 Å². The van der Waals surface area contributed by atoms with Crippen LogP contribution in [0.25, 0.3) is 11.4 Å². The van der Waals surface area contributed by atoms with E-state index in [1.807, 2.05) is 34.1 Å². The Bertz CT molecular complexity index is 1460. The fraction of sp³-hybridized carbons (Fsp3) is 0.367. The number of aromatic nitrogens is 2. The maximum atomic E-state index is 13.3. The van der Waals surface area contributed by atoms with E-state index in [0.717, 1.165) is 17.3 Å². The minimum absolute atomic E-state index is 0.0488. The Labute approximate surface area is 246 Å². The molecule has 2 fully saturated rings. The number of carbonyl (C=O) groups excluding carboxylic acids is 2. The molecule has 0 saturated carbocycles. The number of benzene rings is 2. The molecule has 43 heavy (non-hydrogen) atoms. The van der Waals surface area contributed by atoms with E-state index in [9.17, 15) is 27.9 Å². The van der Waals surface area contributed by atoms with Gasteiger partial charge < -0.3 is 20.2 Å². The molecule has 1 unspecified atom stereocenters. The summed E-state index contributed by atoms with van der Waals surface area (Å²) < 4.78 is 39.7. The van der Waals surface area contributed by atoms with Gasteiger partial charge in [0.05, 0.1) is 24.1 Å². The summed E-state index contributed by atoms with van der Waals surface area (Å²) in [5.41, 5.74) is -0.398. The number of nitrogens with zero attached hydrogens (tertiary/aromatic N) is 6. The van der Waals surface area contributed by atoms with E-state index in [0.29, 0.717) is 51.0 Å². The van der Waals surface area contributed by atoms with Gasteiger partial charge in [0.25, 0.3) is 0 Å². The number of piperazine rings is 1. The van der Waals surface area contributed by atoms with Crippen molar-refractivity contribution in [3.8, 4) is 17.1 Å². The van der Waals surface area contributed by atoms with Crippen molar-refractivity contribution in [3.63, 3.8) is 0 Å². The van der Waals surface area contributed by atoms with Crippen molar-refractivity contribution in [2.75, 3.05) is 62.6 Å². The van der Waals surface area contributed by atoms with Crippen LogP contribution in [0, 0.1) is 5.41 Å². The molecular formula is C30H32F3N7O3. The van der Waals surface area contributed by atoms with E-state index in [-0.39, 0.29) is 31.2 Å². The van der Waals surface area contributed by atoms with E-state index in [1.165, 1.54) is 6.07 Å². The quantitative estimate of drug-likeness (QED) is 0.303. The molecule has 10 nitrogen and oxygen atoms in total. The third kappa shape index (κ3) is 6.77. The SMILES string of the molecule is C=NCC1(C(=O)Nc2ccc(O)c(C(F)(F)F)c2)CCN(CC(=O)N2CCN(c3ccc(-c4ncccn4)cc3)CC2)C1. The molecule has 2 aliphatic rings. The predicted molar refractivity (Wildman–Crippen MR) is 156 cm³/mol. The molecule has 0 spiro atoms. The lowest BCUT2D eigenvalue weighted by Crippen LogP contribution is -2.51. The number of halogens is 3. The number of alkyl halides is 3. The normalized spacial score (nSPS) is 19.3. The Balaban J connectivity index is 1.15. The molecule has 2 amide bonds. The number of hydrogen-bond donors (Lipinski definition) is 2. The van der Waals surface area contributed by atoms with Gasteiger partial charge in [-0.2, -0.15) is 13.2 Å². The van der Waals surface area contributed by atoms with Crippen LogP contribution in [0.15, 0.2) is 65.9 Å². The van der Waals surface area contributed by atoms with E-state index >= 15 is 0 Å². The minimum atomic E-state index is -4.77. The maximum Gasteiger partial charge on any atom is 0.420 e. The minimum Gasteiger partial charge on any atom is -0.507 e. The molecule has 13 heteroatoms. The average molecular weight is 596 g/mol. The second kappa shape index (κ2) is 12.4. The lowest BCUT2D eigenvalue weighted by Gasteiger charge is -2.37. The zero-order valence-electron chi connectivity index (χ0n) is 23.4. The summed E-state index contributed by atoms with van der Waals surface area (Å²) in [6, 6.07) is 12.6. The van der Waals surface area contributed by atoms with Gasteiger partial charge in [0.2, 0.25) is 11.8 Å². The molecule has 2 aromatic carbocycles. The first-order valence-corrected chi connectivity index (χ1v) is 13.8. The Morgan fingerprint density at radius 3 is 2.37 bits per heavy atom. The predicted octanol–water partition coefficient (Wildman–Crippen LogP) is 3.55.